The maximum absolute atomic E-state index is 13.3. The summed E-state index contributed by atoms with van der Waals surface area (Å²) in [6.07, 6.45) is 1.61. The Labute approximate surface area is 93.6 Å². The van der Waals surface area contributed by atoms with Crippen LogP contribution in [-0.2, 0) is 9.53 Å². The summed E-state index contributed by atoms with van der Waals surface area (Å²) in [5.41, 5.74) is -0.00509. The molecule has 1 N–H and O–H groups in total. The molecule has 16 heavy (non-hydrogen) atoms. The van der Waals surface area contributed by atoms with Crippen LogP contribution in [0.1, 0.15) is 12.8 Å². The Morgan fingerprint density at radius 1 is 1.50 bits per heavy atom. The van der Waals surface area contributed by atoms with Crippen molar-refractivity contribution in [3.63, 3.8) is 0 Å². The molecule has 1 aliphatic carbocycles. The van der Waals surface area contributed by atoms with Gasteiger partial charge in [0.2, 0.25) is 0 Å². The van der Waals surface area contributed by atoms with Crippen molar-refractivity contribution in [2.24, 2.45) is 5.41 Å². The van der Waals surface area contributed by atoms with Gasteiger partial charge >= 0.3 is 5.97 Å². The number of anilines is 1. The quantitative estimate of drug-likeness (QED) is 0.795. The lowest BCUT2D eigenvalue weighted by Crippen LogP contribution is -2.26. The van der Waals surface area contributed by atoms with E-state index in [4.69, 9.17) is 4.74 Å². The van der Waals surface area contributed by atoms with Gasteiger partial charge in [-0.2, -0.15) is 0 Å². The second-order valence-corrected chi connectivity index (χ2v) is 4.11. The lowest BCUT2D eigenvalue weighted by Gasteiger charge is -2.14. The Morgan fingerprint density at radius 2 is 2.19 bits per heavy atom. The maximum atomic E-state index is 13.3. The standard InChI is InChI=1S/C12H14FNO2/c1-16-11(15)12(6-7-12)8-14-10-5-3-2-4-9(10)13/h2-5,14H,6-8H2,1H3. The van der Waals surface area contributed by atoms with E-state index >= 15 is 0 Å². The summed E-state index contributed by atoms with van der Waals surface area (Å²) in [4.78, 5) is 11.4. The minimum Gasteiger partial charge on any atom is -0.469 e. The zero-order chi connectivity index (χ0) is 11.6. The minimum absolute atomic E-state index is 0.212. The Hall–Kier alpha value is -1.58. The summed E-state index contributed by atoms with van der Waals surface area (Å²) in [6.45, 7) is 0.431. The largest absolute Gasteiger partial charge is 0.469 e. The van der Waals surface area contributed by atoms with Gasteiger partial charge in [0.1, 0.15) is 5.82 Å². The maximum Gasteiger partial charge on any atom is 0.313 e. The monoisotopic (exact) mass is 223 g/mol. The fourth-order valence-corrected chi connectivity index (χ4v) is 1.69. The summed E-state index contributed by atoms with van der Waals surface area (Å²) in [7, 11) is 1.38. The van der Waals surface area contributed by atoms with Crippen LogP contribution in [0, 0.1) is 11.2 Å². The van der Waals surface area contributed by atoms with E-state index in [2.05, 4.69) is 5.32 Å². The van der Waals surface area contributed by atoms with Gasteiger partial charge in [0, 0.05) is 6.54 Å². The first kappa shape index (κ1) is 10.9. The Balaban J connectivity index is 1.98. The van der Waals surface area contributed by atoms with Crippen LogP contribution in [0.25, 0.3) is 0 Å². The van der Waals surface area contributed by atoms with Crippen LogP contribution in [0.2, 0.25) is 0 Å². The van der Waals surface area contributed by atoms with Crippen molar-refractivity contribution in [3.8, 4) is 0 Å². The van der Waals surface area contributed by atoms with Crippen molar-refractivity contribution in [1.82, 2.24) is 0 Å². The highest BCUT2D eigenvalue weighted by Gasteiger charge is 2.50. The van der Waals surface area contributed by atoms with E-state index in [-0.39, 0.29) is 11.8 Å². The molecule has 1 saturated carbocycles. The molecule has 86 valence electrons. The summed E-state index contributed by atoms with van der Waals surface area (Å²) in [6, 6.07) is 6.43. The van der Waals surface area contributed by atoms with Crippen LogP contribution in [0.15, 0.2) is 24.3 Å². The first-order valence-electron chi connectivity index (χ1n) is 5.25. The van der Waals surface area contributed by atoms with Gasteiger partial charge in [0.15, 0.2) is 0 Å². The highest BCUT2D eigenvalue weighted by atomic mass is 19.1. The third kappa shape index (κ3) is 2.01. The number of ether oxygens (including phenoxy) is 1. The van der Waals surface area contributed by atoms with Crippen LogP contribution in [0.5, 0.6) is 0 Å². The normalized spacial score (nSPS) is 16.6. The average Bonchev–Trinajstić information content (AvgIpc) is 3.08. The average molecular weight is 223 g/mol. The van der Waals surface area contributed by atoms with Crippen molar-refractivity contribution in [3.05, 3.63) is 30.1 Å². The summed E-state index contributed by atoms with van der Waals surface area (Å²) in [5.74, 6) is -0.514. The molecule has 0 spiro atoms. The van der Waals surface area contributed by atoms with Crippen molar-refractivity contribution >= 4 is 11.7 Å². The lowest BCUT2D eigenvalue weighted by atomic mass is 10.1. The van der Waals surface area contributed by atoms with Crippen LogP contribution >= 0.6 is 0 Å². The first-order valence-corrected chi connectivity index (χ1v) is 5.25. The summed E-state index contributed by atoms with van der Waals surface area (Å²) < 4.78 is 18.0. The zero-order valence-corrected chi connectivity index (χ0v) is 9.13. The van der Waals surface area contributed by atoms with E-state index in [1.54, 1.807) is 18.2 Å². The number of halogens is 1. The zero-order valence-electron chi connectivity index (χ0n) is 9.13. The highest BCUT2D eigenvalue weighted by molar-refractivity contribution is 5.80. The molecule has 0 atom stereocenters. The predicted molar refractivity (Wildman–Crippen MR) is 58.6 cm³/mol. The Morgan fingerprint density at radius 3 is 2.75 bits per heavy atom. The van der Waals surface area contributed by atoms with Crippen molar-refractivity contribution in [2.45, 2.75) is 12.8 Å². The molecule has 0 bridgehead atoms. The second-order valence-electron chi connectivity index (χ2n) is 4.11. The molecule has 0 saturated heterocycles. The highest BCUT2D eigenvalue weighted by Crippen LogP contribution is 2.46. The number of methoxy groups -OCH3 is 1. The number of para-hydroxylation sites is 1. The first-order chi connectivity index (χ1) is 7.68. The van der Waals surface area contributed by atoms with E-state index in [9.17, 15) is 9.18 Å². The van der Waals surface area contributed by atoms with Gasteiger partial charge in [-0.25, -0.2) is 4.39 Å². The minimum atomic E-state index is -0.434. The fraction of sp³-hybridized carbons (Fsp3) is 0.417. The number of benzene rings is 1. The predicted octanol–water partition coefficient (Wildman–Crippen LogP) is 2.19. The van der Waals surface area contributed by atoms with Crippen molar-refractivity contribution in [1.29, 1.82) is 0 Å². The second kappa shape index (κ2) is 4.12. The van der Waals surface area contributed by atoms with Gasteiger partial charge in [-0.1, -0.05) is 12.1 Å². The van der Waals surface area contributed by atoms with Crippen LogP contribution in [0.4, 0.5) is 10.1 Å². The number of esters is 1. The number of nitrogens with one attached hydrogen (secondary N) is 1. The van der Waals surface area contributed by atoms with Crippen LogP contribution in [0.3, 0.4) is 0 Å². The van der Waals surface area contributed by atoms with Gasteiger partial charge in [-0.05, 0) is 25.0 Å². The fourth-order valence-electron chi connectivity index (χ4n) is 1.69. The molecule has 0 radical (unpaired) electrons. The van der Waals surface area contributed by atoms with E-state index in [0.717, 1.165) is 12.8 Å². The summed E-state index contributed by atoms with van der Waals surface area (Å²) >= 11 is 0. The SMILES string of the molecule is COC(=O)C1(CNc2ccccc2F)CC1. The molecule has 2 rings (SSSR count). The number of hydrogen-bond acceptors (Lipinski definition) is 3. The van der Waals surface area contributed by atoms with E-state index in [1.807, 2.05) is 0 Å². The third-order valence-electron chi connectivity index (χ3n) is 2.96. The molecular weight excluding hydrogens is 209 g/mol. The molecule has 1 aromatic carbocycles. The molecule has 1 fully saturated rings. The van der Waals surface area contributed by atoms with Gasteiger partial charge in [-0.3, -0.25) is 4.79 Å². The topological polar surface area (TPSA) is 38.3 Å². The van der Waals surface area contributed by atoms with E-state index in [1.165, 1.54) is 13.2 Å². The van der Waals surface area contributed by atoms with Gasteiger partial charge in [0.05, 0.1) is 18.2 Å². The molecule has 3 nitrogen and oxygen atoms in total. The number of hydrogen-bond donors (Lipinski definition) is 1. The summed E-state index contributed by atoms with van der Waals surface area (Å²) in [5, 5.41) is 2.96. The lowest BCUT2D eigenvalue weighted by molar-refractivity contribution is -0.146. The smallest absolute Gasteiger partial charge is 0.313 e. The van der Waals surface area contributed by atoms with Gasteiger partial charge in [0.25, 0.3) is 0 Å². The van der Waals surface area contributed by atoms with Gasteiger partial charge < -0.3 is 10.1 Å². The molecule has 4 heteroatoms. The molecule has 0 amide bonds. The van der Waals surface area contributed by atoms with Crippen molar-refractivity contribution in [2.75, 3.05) is 19.0 Å². The molecule has 0 aromatic heterocycles. The molecular formula is C12H14FNO2. The molecule has 1 aliphatic rings. The Bertz CT molecular complexity index is 402. The number of rotatable bonds is 4. The number of carbonyl (C=O) groups excluding carboxylic acids is 1. The molecule has 0 heterocycles. The van der Waals surface area contributed by atoms with Crippen LogP contribution < -0.4 is 5.32 Å². The van der Waals surface area contributed by atoms with Crippen molar-refractivity contribution < 1.29 is 13.9 Å². The molecule has 1 aromatic rings. The van der Waals surface area contributed by atoms with E-state index in [0.29, 0.717) is 12.2 Å². The molecule has 0 aliphatic heterocycles. The Kier molecular flexibility index (Phi) is 2.81. The third-order valence-corrected chi connectivity index (χ3v) is 2.96. The number of carbonyl (C=O) groups is 1. The van der Waals surface area contributed by atoms with Gasteiger partial charge in [-0.15, -0.1) is 0 Å². The molecule has 0 unspecified atom stereocenters. The van der Waals surface area contributed by atoms with Crippen LogP contribution in [-0.4, -0.2) is 19.6 Å². The van der Waals surface area contributed by atoms with E-state index < -0.39 is 5.41 Å².